The molecule has 1 heterocycles. The van der Waals surface area contributed by atoms with Crippen LogP contribution in [0.25, 0.3) is 0 Å². The van der Waals surface area contributed by atoms with Crippen LogP contribution in [0.3, 0.4) is 0 Å². The fraction of sp³-hybridized carbons (Fsp3) is 0.923. The zero-order valence-electron chi connectivity index (χ0n) is 10.5. The number of hydrogen-bond donors (Lipinski definition) is 2. The maximum Gasteiger partial charge on any atom is 0.237 e. The predicted octanol–water partition coefficient (Wildman–Crippen LogP) is 2.25. The van der Waals surface area contributed by atoms with Crippen molar-refractivity contribution in [2.24, 2.45) is 5.92 Å². The summed E-state index contributed by atoms with van der Waals surface area (Å²) in [6.45, 7) is 1.90. The molecule has 100 valence electrons. The van der Waals surface area contributed by atoms with Crippen molar-refractivity contribution in [2.45, 2.75) is 57.4 Å². The summed E-state index contributed by atoms with van der Waals surface area (Å²) in [4.78, 5) is 11.9. The van der Waals surface area contributed by atoms with E-state index in [9.17, 15) is 4.79 Å². The van der Waals surface area contributed by atoms with Gasteiger partial charge in [-0.3, -0.25) is 4.79 Å². The smallest absolute Gasteiger partial charge is 0.237 e. The minimum Gasteiger partial charge on any atom is -0.354 e. The normalized spacial score (nSPS) is 26.0. The van der Waals surface area contributed by atoms with E-state index in [0.29, 0.717) is 0 Å². The number of amides is 1. The molecule has 1 amide bonds. The fourth-order valence-electron chi connectivity index (χ4n) is 2.84. The minimum atomic E-state index is 0. The number of rotatable bonds is 3. The van der Waals surface area contributed by atoms with Crippen LogP contribution in [0, 0.1) is 5.92 Å². The highest BCUT2D eigenvalue weighted by atomic mass is 35.5. The van der Waals surface area contributed by atoms with E-state index in [-0.39, 0.29) is 24.4 Å². The van der Waals surface area contributed by atoms with Gasteiger partial charge in [0.05, 0.1) is 6.04 Å². The van der Waals surface area contributed by atoms with E-state index in [1.807, 2.05) is 0 Å². The quantitative estimate of drug-likeness (QED) is 0.817. The molecule has 0 aromatic rings. The van der Waals surface area contributed by atoms with Crippen LogP contribution in [0.5, 0.6) is 0 Å². The van der Waals surface area contributed by atoms with Crippen molar-refractivity contribution >= 4 is 18.3 Å². The van der Waals surface area contributed by atoms with Gasteiger partial charge in [-0.2, -0.15) is 0 Å². The lowest BCUT2D eigenvalue weighted by Gasteiger charge is -2.25. The molecule has 2 rings (SSSR count). The maximum atomic E-state index is 11.9. The van der Waals surface area contributed by atoms with Crippen molar-refractivity contribution in [3.63, 3.8) is 0 Å². The van der Waals surface area contributed by atoms with Gasteiger partial charge in [0.1, 0.15) is 0 Å². The van der Waals surface area contributed by atoms with E-state index < -0.39 is 0 Å². The van der Waals surface area contributed by atoms with Gasteiger partial charge in [0.15, 0.2) is 0 Å². The highest BCUT2D eigenvalue weighted by molar-refractivity contribution is 5.85. The van der Waals surface area contributed by atoms with Crippen LogP contribution in [-0.2, 0) is 4.79 Å². The van der Waals surface area contributed by atoms with Gasteiger partial charge in [0, 0.05) is 6.54 Å². The zero-order valence-corrected chi connectivity index (χ0v) is 11.4. The molecule has 1 aliphatic carbocycles. The van der Waals surface area contributed by atoms with Crippen LogP contribution in [0.4, 0.5) is 0 Å². The molecule has 2 N–H and O–H groups in total. The topological polar surface area (TPSA) is 41.1 Å². The van der Waals surface area contributed by atoms with Crippen LogP contribution >= 0.6 is 12.4 Å². The molecule has 2 aliphatic rings. The van der Waals surface area contributed by atoms with Crippen molar-refractivity contribution in [3.8, 4) is 0 Å². The molecule has 1 saturated carbocycles. The van der Waals surface area contributed by atoms with E-state index in [4.69, 9.17) is 0 Å². The number of piperidine rings is 1. The summed E-state index contributed by atoms with van der Waals surface area (Å²) in [5.74, 6) is 0.964. The van der Waals surface area contributed by atoms with E-state index >= 15 is 0 Å². The molecule has 0 aromatic heterocycles. The first kappa shape index (κ1) is 14.8. The average Bonchev–Trinajstić information content (AvgIpc) is 2.38. The zero-order chi connectivity index (χ0) is 11.2. The van der Waals surface area contributed by atoms with Crippen LogP contribution < -0.4 is 10.6 Å². The van der Waals surface area contributed by atoms with Gasteiger partial charge in [0.2, 0.25) is 5.91 Å². The van der Waals surface area contributed by atoms with Crippen molar-refractivity contribution in [1.29, 1.82) is 0 Å². The Balaban J connectivity index is 0.00000144. The molecular weight excluding hydrogens is 236 g/mol. The van der Waals surface area contributed by atoms with Gasteiger partial charge < -0.3 is 10.6 Å². The largest absolute Gasteiger partial charge is 0.354 e. The fourth-order valence-corrected chi connectivity index (χ4v) is 2.84. The number of carbonyl (C=O) groups is 1. The Morgan fingerprint density at radius 3 is 2.41 bits per heavy atom. The molecule has 17 heavy (non-hydrogen) atoms. The first-order chi connectivity index (χ1) is 7.86. The van der Waals surface area contributed by atoms with E-state index in [1.54, 1.807) is 0 Å². The van der Waals surface area contributed by atoms with Gasteiger partial charge in [-0.1, -0.05) is 25.7 Å². The van der Waals surface area contributed by atoms with Gasteiger partial charge in [-0.25, -0.2) is 0 Å². The molecule has 0 unspecified atom stereocenters. The molecule has 4 heteroatoms. The molecule has 0 radical (unpaired) electrons. The lowest BCUT2D eigenvalue weighted by atomic mass is 9.89. The molecule has 1 aliphatic heterocycles. The first-order valence-corrected chi connectivity index (χ1v) is 6.87. The summed E-state index contributed by atoms with van der Waals surface area (Å²) >= 11 is 0. The summed E-state index contributed by atoms with van der Waals surface area (Å²) in [6.07, 6.45) is 10.1. The maximum absolute atomic E-state index is 11.9. The Morgan fingerprint density at radius 2 is 1.76 bits per heavy atom. The second-order valence-corrected chi connectivity index (χ2v) is 5.25. The van der Waals surface area contributed by atoms with Crippen LogP contribution in [-0.4, -0.2) is 25.0 Å². The summed E-state index contributed by atoms with van der Waals surface area (Å²) in [7, 11) is 0. The summed E-state index contributed by atoms with van der Waals surface area (Å²) in [6, 6.07) is 0.0809. The summed E-state index contributed by atoms with van der Waals surface area (Å²) < 4.78 is 0. The van der Waals surface area contributed by atoms with E-state index in [2.05, 4.69) is 10.6 Å². The lowest BCUT2D eigenvalue weighted by molar-refractivity contribution is -0.123. The Bertz CT molecular complexity index is 223. The van der Waals surface area contributed by atoms with Gasteiger partial charge in [-0.15, -0.1) is 12.4 Å². The van der Waals surface area contributed by atoms with Crippen molar-refractivity contribution in [2.75, 3.05) is 13.1 Å². The third-order valence-corrected chi connectivity index (χ3v) is 3.92. The minimum absolute atomic E-state index is 0. The molecular formula is C13H25ClN2O. The molecule has 1 saturated heterocycles. The molecule has 2 fully saturated rings. The Kier molecular flexibility index (Phi) is 6.90. The SMILES string of the molecule is Cl.O=C(NCC1CCCCC1)[C@@H]1CCCCN1. The summed E-state index contributed by atoms with van der Waals surface area (Å²) in [5, 5.41) is 6.42. The standard InChI is InChI=1S/C13H24N2O.ClH/c16-13(12-8-4-5-9-14-12)15-10-11-6-2-1-3-7-11;/h11-12,14H,1-10H2,(H,15,16);1H/t12-;/m0./s1. The Morgan fingerprint density at radius 1 is 1.06 bits per heavy atom. The van der Waals surface area contributed by atoms with Crippen molar-refractivity contribution in [1.82, 2.24) is 10.6 Å². The third kappa shape index (κ3) is 4.84. The number of hydrogen-bond acceptors (Lipinski definition) is 2. The molecule has 0 aromatic carbocycles. The Labute approximate surface area is 111 Å². The molecule has 0 bridgehead atoms. The van der Waals surface area contributed by atoms with Gasteiger partial charge >= 0.3 is 0 Å². The van der Waals surface area contributed by atoms with Crippen LogP contribution in [0.1, 0.15) is 51.4 Å². The summed E-state index contributed by atoms with van der Waals surface area (Å²) in [5.41, 5.74) is 0. The highest BCUT2D eigenvalue weighted by Gasteiger charge is 2.21. The van der Waals surface area contributed by atoms with Gasteiger partial charge in [0.25, 0.3) is 0 Å². The highest BCUT2D eigenvalue weighted by Crippen LogP contribution is 2.22. The molecule has 1 atom stereocenters. The second kappa shape index (κ2) is 7.93. The monoisotopic (exact) mass is 260 g/mol. The predicted molar refractivity (Wildman–Crippen MR) is 72.5 cm³/mol. The van der Waals surface area contributed by atoms with Gasteiger partial charge in [-0.05, 0) is 38.1 Å². The average molecular weight is 261 g/mol. The van der Waals surface area contributed by atoms with Crippen LogP contribution in [0.2, 0.25) is 0 Å². The number of carbonyl (C=O) groups excluding carboxylic acids is 1. The lowest BCUT2D eigenvalue weighted by Crippen LogP contribution is -2.47. The molecule has 0 spiro atoms. The van der Waals surface area contributed by atoms with Crippen molar-refractivity contribution < 1.29 is 4.79 Å². The number of nitrogens with one attached hydrogen (secondary N) is 2. The Hall–Kier alpha value is -0.280. The van der Waals surface area contributed by atoms with Crippen LogP contribution in [0.15, 0.2) is 0 Å². The van der Waals surface area contributed by atoms with Crippen molar-refractivity contribution in [3.05, 3.63) is 0 Å². The first-order valence-electron chi connectivity index (χ1n) is 6.87. The molecule has 3 nitrogen and oxygen atoms in total. The van der Waals surface area contributed by atoms with E-state index in [0.717, 1.165) is 25.4 Å². The second-order valence-electron chi connectivity index (χ2n) is 5.25. The number of halogens is 1. The third-order valence-electron chi connectivity index (χ3n) is 3.92. The van der Waals surface area contributed by atoms with E-state index in [1.165, 1.54) is 44.9 Å².